The molecule has 6 heteroatoms. The fourth-order valence-corrected chi connectivity index (χ4v) is 5.96. The number of allylic oxidation sites excluding steroid dienone is 1. The van der Waals surface area contributed by atoms with Crippen LogP contribution in [-0.4, -0.2) is 32.3 Å². The second kappa shape index (κ2) is 6.81. The average molecular weight is 367 g/mol. The van der Waals surface area contributed by atoms with Crippen molar-refractivity contribution < 1.29 is 4.79 Å². The van der Waals surface area contributed by atoms with Gasteiger partial charge in [0.15, 0.2) is 5.16 Å². The Balaban J connectivity index is 1.80. The van der Waals surface area contributed by atoms with Gasteiger partial charge in [0.2, 0.25) is 0 Å². The lowest BCUT2D eigenvalue weighted by molar-refractivity contribution is -0.123. The molecule has 2 unspecified atom stereocenters. The number of ketones is 1. The van der Waals surface area contributed by atoms with Crippen LogP contribution in [0.15, 0.2) is 22.3 Å². The van der Waals surface area contributed by atoms with Gasteiger partial charge in [0.25, 0.3) is 0 Å². The number of Topliss-reactive ketones (excluding diaryl/α,β-unsaturated/α-hetero) is 1. The second-order valence-electron chi connectivity index (χ2n) is 6.94. The lowest BCUT2D eigenvalue weighted by Gasteiger charge is -2.27. The van der Waals surface area contributed by atoms with Crippen molar-refractivity contribution in [3.05, 3.63) is 28.4 Å². The summed E-state index contributed by atoms with van der Waals surface area (Å²) < 4.78 is 0.521. The molecule has 124 valence electrons. The van der Waals surface area contributed by atoms with Gasteiger partial charge in [0.05, 0.1) is 16.0 Å². The summed E-state index contributed by atoms with van der Waals surface area (Å²) in [6.45, 7) is 5.87. The highest BCUT2D eigenvalue weighted by Gasteiger charge is 2.37. The highest BCUT2D eigenvalue weighted by Crippen LogP contribution is 2.51. The SMILES string of the molecule is CSC1SC=C2CCc3cnc(SCC(=O)C(C)(C)C)nc3C21. The van der Waals surface area contributed by atoms with Crippen LogP contribution in [-0.2, 0) is 11.2 Å². The third-order valence-corrected chi connectivity index (χ3v) is 7.77. The zero-order chi connectivity index (χ0) is 16.6. The van der Waals surface area contributed by atoms with E-state index in [1.54, 1.807) is 0 Å². The highest BCUT2D eigenvalue weighted by molar-refractivity contribution is 8.18. The Morgan fingerprint density at radius 1 is 1.39 bits per heavy atom. The summed E-state index contributed by atoms with van der Waals surface area (Å²) in [7, 11) is 0. The Morgan fingerprint density at radius 2 is 2.17 bits per heavy atom. The quantitative estimate of drug-likeness (QED) is 0.576. The lowest BCUT2D eigenvalue weighted by atomic mass is 9.85. The highest BCUT2D eigenvalue weighted by atomic mass is 32.2. The van der Waals surface area contributed by atoms with Crippen LogP contribution < -0.4 is 0 Å². The molecule has 1 aromatic heterocycles. The molecule has 0 saturated heterocycles. The van der Waals surface area contributed by atoms with Gasteiger partial charge >= 0.3 is 0 Å². The van der Waals surface area contributed by atoms with Crippen molar-refractivity contribution in [2.45, 2.75) is 49.3 Å². The van der Waals surface area contributed by atoms with Crippen LogP contribution in [0.4, 0.5) is 0 Å². The van der Waals surface area contributed by atoms with Crippen molar-refractivity contribution in [2.75, 3.05) is 12.0 Å². The fraction of sp³-hybridized carbons (Fsp3) is 0.588. The number of carbonyl (C=O) groups is 1. The number of hydrogen-bond donors (Lipinski definition) is 0. The molecule has 0 bridgehead atoms. The van der Waals surface area contributed by atoms with E-state index < -0.39 is 0 Å². The Hall–Kier alpha value is -0.460. The Kier molecular flexibility index (Phi) is 5.14. The minimum absolute atomic E-state index is 0.239. The van der Waals surface area contributed by atoms with E-state index in [-0.39, 0.29) is 11.2 Å². The van der Waals surface area contributed by atoms with Gasteiger partial charge in [-0.1, -0.05) is 38.1 Å². The maximum absolute atomic E-state index is 12.1. The zero-order valence-electron chi connectivity index (χ0n) is 14.0. The van der Waals surface area contributed by atoms with Gasteiger partial charge in [-0.3, -0.25) is 4.79 Å². The topological polar surface area (TPSA) is 42.9 Å². The van der Waals surface area contributed by atoms with E-state index in [9.17, 15) is 4.79 Å². The standard InChI is InChI=1S/C17H22N2OS3/c1-17(2,3)12(20)9-23-16-18-7-10-5-6-11-8-22-15(21-4)13(11)14(10)19-16/h7-8,13,15H,5-6,9H2,1-4H3. The van der Waals surface area contributed by atoms with Gasteiger partial charge in [-0.15, -0.1) is 23.5 Å². The van der Waals surface area contributed by atoms with Gasteiger partial charge in [0.1, 0.15) is 5.78 Å². The Labute approximate surface area is 150 Å². The number of thioether (sulfide) groups is 3. The number of rotatable bonds is 4. The Bertz CT molecular complexity index is 652. The molecule has 2 atom stereocenters. The maximum atomic E-state index is 12.1. The third-order valence-electron chi connectivity index (χ3n) is 4.28. The molecule has 3 rings (SSSR count). The molecule has 1 aliphatic heterocycles. The van der Waals surface area contributed by atoms with Gasteiger partial charge in [-0.25, -0.2) is 9.97 Å². The summed E-state index contributed by atoms with van der Waals surface area (Å²) in [5, 5.41) is 3.06. The molecule has 0 amide bonds. The van der Waals surface area contributed by atoms with Gasteiger partial charge in [-0.05, 0) is 30.1 Å². The molecule has 0 radical (unpaired) electrons. The van der Waals surface area contributed by atoms with Crippen molar-refractivity contribution in [3.63, 3.8) is 0 Å². The summed E-state index contributed by atoms with van der Waals surface area (Å²) in [6, 6.07) is 0. The van der Waals surface area contributed by atoms with Crippen LogP contribution in [0.5, 0.6) is 0 Å². The number of nitrogens with zero attached hydrogens (tertiary/aromatic N) is 2. The van der Waals surface area contributed by atoms with Crippen molar-refractivity contribution in [1.82, 2.24) is 9.97 Å². The van der Waals surface area contributed by atoms with Crippen molar-refractivity contribution in [1.29, 1.82) is 0 Å². The molecular formula is C17H22N2OS3. The first-order chi connectivity index (χ1) is 10.9. The fourth-order valence-electron chi connectivity index (χ4n) is 2.75. The molecule has 3 nitrogen and oxygen atoms in total. The third kappa shape index (κ3) is 3.64. The summed E-state index contributed by atoms with van der Waals surface area (Å²) >= 11 is 5.28. The first kappa shape index (κ1) is 17.4. The van der Waals surface area contributed by atoms with Crippen LogP contribution in [0.25, 0.3) is 0 Å². The summed E-state index contributed by atoms with van der Waals surface area (Å²) in [5.74, 6) is 1.10. The predicted molar refractivity (Wildman–Crippen MR) is 101 cm³/mol. The zero-order valence-corrected chi connectivity index (χ0v) is 16.4. The molecule has 0 N–H and O–H groups in total. The number of fused-ring (bicyclic) bond motifs is 3. The van der Waals surface area contributed by atoms with Gasteiger partial charge in [0, 0.05) is 17.5 Å². The van der Waals surface area contributed by atoms with E-state index in [0.717, 1.165) is 18.0 Å². The van der Waals surface area contributed by atoms with Crippen molar-refractivity contribution in [3.8, 4) is 0 Å². The largest absolute Gasteiger partial charge is 0.298 e. The molecule has 0 spiro atoms. The number of carbonyl (C=O) groups excluding carboxylic acids is 1. The molecule has 0 aromatic carbocycles. The van der Waals surface area contributed by atoms with Gasteiger partial charge in [-0.2, -0.15) is 0 Å². The first-order valence-corrected chi connectivity index (χ1v) is 11.0. The lowest BCUT2D eigenvalue weighted by Crippen LogP contribution is -2.22. The van der Waals surface area contributed by atoms with E-state index in [2.05, 4.69) is 16.6 Å². The van der Waals surface area contributed by atoms with Crippen LogP contribution in [0.2, 0.25) is 0 Å². The van der Waals surface area contributed by atoms with Crippen LogP contribution >= 0.6 is 35.3 Å². The minimum Gasteiger partial charge on any atom is -0.298 e. The average Bonchev–Trinajstić information content (AvgIpc) is 2.95. The normalized spacial score (nSPS) is 23.2. The smallest absolute Gasteiger partial charge is 0.188 e. The van der Waals surface area contributed by atoms with E-state index in [1.807, 2.05) is 50.5 Å². The van der Waals surface area contributed by atoms with E-state index in [0.29, 0.717) is 16.3 Å². The molecule has 0 saturated carbocycles. The van der Waals surface area contributed by atoms with E-state index in [4.69, 9.17) is 4.98 Å². The number of aryl methyl sites for hydroxylation is 1. The number of hydrogen-bond acceptors (Lipinski definition) is 6. The molecule has 23 heavy (non-hydrogen) atoms. The molecule has 2 heterocycles. The summed E-state index contributed by atoms with van der Waals surface area (Å²) in [4.78, 5) is 21.4. The maximum Gasteiger partial charge on any atom is 0.188 e. The molecule has 1 aliphatic carbocycles. The minimum atomic E-state index is -0.302. The van der Waals surface area contributed by atoms with E-state index >= 15 is 0 Å². The second-order valence-corrected chi connectivity index (χ2v) is 10.2. The summed E-state index contributed by atoms with van der Waals surface area (Å²) in [5.41, 5.74) is 3.68. The van der Waals surface area contributed by atoms with Crippen LogP contribution in [0, 0.1) is 5.41 Å². The summed E-state index contributed by atoms with van der Waals surface area (Å²) in [6.07, 6.45) is 6.30. The van der Waals surface area contributed by atoms with Crippen LogP contribution in [0.1, 0.15) is 44.4 Å². The van der Waals surface area contributed by atoms with Crippen LogP contribution in [0.3, 0.4) is 0 Å². The Morgan fingerprint density at radius 3 is 2.87 bits per heavy atom. The first-order valence-electron chi connectivity index (χ1n) is 7.79. The molecule has 1 aromatic rings. The molecule has 0 fully saturated rings. The van der Waals surface area contributed by atoms with Gasteiger partial charge < -0.3 is 0 Å². The number of aromatic nitrogens is 2. The van der Waals surface area contributed by atoms with Crippen molar-refractivity contribution >= 4 is 41.1 Å². The predicted octanol–water partition coefficient (Wildman–Crippen LogP) is 4.53. The van der Waals surface area contributed by atoms with Crippen molar-refractivity contribution in [2.24, 2.45) is 5.41 Å². The molecular weight excluding hydrogens is 344 g/mol. The monoisotopic (exact) mass is 366 g/mol. The van der Waals surface area contributed by atoms with E-state index in [1.165, 1.54) is 28.6 Å². The molecule has 2 aliphatic rings.